The van der Waals surface area contributed by atoms with Crippen molar-refractivity contribution in [2.45, 2.75) is 30.5 Å². The number of Topliss-reactive ketones (excluding diaryl/α,β-unsaturated/α-hetero) is 1. The van der Waals surface area contributed by atoms with Gasteiger partial charge in [0.15, 0.2) is 5.78 Å². The number of benzene rings is 4. The molecule has 0 fully saturated rings. The number of rotatable bonds is 12. The van der Waals surface area contributed by atoms with Gasteiger partial charge in [-0.1, -0.05) is 91.0 Å². The monoisotopic (exact) mass is 616 g/mol. The fourth-order valence-electron chi connectivity index (χ4n) is 4.50. The summed E-state index contributed by atoms with van der Waals surface area (Å²) in [6.07, 6.45) is -4.34. The van der Waals surface area contributed by atoms with E-state index in [9.17, 15) is 41.5 Å². The molecule has 224 valence electrons. The van der Waals surface area contributed by atoms with Gasteiger partial charge in [-0.2, -0.15) is 17.6 Å². The van der Waals surface area contributed by atoms with E-state index in [4.69, 9.17) is 5.11 Å². The minimum atomic E-state index is -5.78. The Kier molecular flexibility index (Phi) is 9.20. The van der Waals surface area contributed by atoms with Crippen LogP contribution in [0.1, 0.15) is 44.1 Å². The molecule has 0 saturated heterocycles. The first kappa shape index (κ1) is 31.6. The Labute approximate surface area is 243 Å². The van der Waals surface area contributed by atoms with Crippen molar-refractivity contribution in [3.8, 4) is 5.75 Å². The molecule has 0 aliphatic carbocycles. The lowest BCUT2D eigenvalue weighted by atomic mass is 9.85. The first-order valence-corrected chi connectivity index (χ1v) is 14.4. The van der Waals surface area contributed by atoms with Crippen LogP contribution in [-0.2, 0) is 27.9 Å². The van der Waals surface area contributed by atoms with Gasteiger partial charge in [0.1, 0.15) is 5.75 Å². The van der Waals surface area contributed by atoms with Crippen molar-refractivity contribution in [1.82, 2.24) is 0 Å². The largest absolute Gasteiger partial charge is 0.501 e. The van der Waals surface area contributed by atoms with E-state index in [1.54, 1.807) is 54.6 Å². The van der Waals surface area contributed by atoms with Gasteiger partial charge in [-0.3, -0.25) is 9.36 Å². The van der Waals surface area contributed by atoms with Crippen LogP contribution in [-0.4, -0.2) is 32.8 Å². The van der Waals surface area contributed by atoms with Gasteiger partial charge in [0.2, 0.25) is 0 Å². The van der Waals surface area contributed by atoms with Crippen LogP contribution >= 0.6 is 7.60 Å². The molecule has 0 heterocycles. The molecule has 4 rings (SSSR count). The average molecular weight is 617 g/mol. The molecule has 43 heavy (non-hydrogen) atoms. The second-order valence-electron chi connectivity index (χ2n) is 9.72. The lowest BCUT2D eigenvalue weighted by Gasteiger charge is -2.21. The number of carboxylic acid groups (broad SMARTS) is 1. The third-order valence-corrected chi connectivity index (χ3v) is 7.69. The molecular weight excluding hydrogens is 591 g/mol. The second kappa shape index (κ2) is 12.5. The van der Waals surface area contributed by atoms with Gasteiger partial charge >= 0.3 is 25.3 Å². The van der Waals surface area contributed by atoms with E-state index in [0.29, 0.717) is 22.3 Å². The fraction of sp³-hybridized carbons (Fsp3) is 0.161. The highest BCUT2D eigenvalue weighted by molar-refractivity contribution is 7.52. The molecule has 7 nitrogen and oxygen atoms in total. The normalized spacial score (nSPS) is 12.9. The molecule has 4 aromatic carbocycles. The summed E-state index contributed by atoms with van der Waals surface area (Å²) in [7, 11) is -5.78. The summed E-state index contributed by atoms with van der Waals surface area (Å²) in [5.74, 6) is -3.80. The maximum Gasteiger partial charge on any atom is 0.501 e. The maximum atomic E-state index is 14.5. The highest BCUT2D eigenvalue weighted by Gasteiger charge is 2.51. The molecule has 0 spiro atoms. The predicted molar refractivity (Wildman–Crippen MR) is 148 cm³/mol. The molecule has 0 amide bonds. The standard InChI is InChI=1S/C31H25F4O7P/c32-30(33,29(37)38)42-25-16-12-21(13-17-25)19-26(28(36)23-6-2-1-3-7-23)22-14-10-20(11-15-22)18-24-8-4-5-9-27(24)31(34,35)43(39,40)41/h1-17,26H,18-19H2,(H,37,38)(H2,39,40,41). The second-order valence-corrected chi connectivity index (χ2v) is 11.4. The number of hydrogen-bond acceptors (Lipinski definition) is 4. The quantitative estimate of drug-likeness (QED) is 0.0913. The van der Waals surface area contributed by atoms with Crippen molar-refractivity contribution in [3.63, 3.8) is 0 Å². The summed E-state index contributed by atoms with van der Waals surface area (Å²) < 4.78 is 71.6. The van der Waals surface area contributed by atoms with Crippen LogP contribution in [0.25, 0.3) is 0 Å². The Morgan fingerprint density at radius 3 is 1.91 bits per heavy atom. The summed E-state index contributed by atoms with van der Waals surface area (Å²) in [4.78, 5) is 42.6. The molecule has 0 radical (unpaired) electrons. The molecule has 1 atom stereocenters. The van der Waals surface area contributed by atoms with Gasteiger partial charge in [0.05, 0.1) is 5.92 Å². The van der Waals surface area contributed by atoms with Crippen LogP contribution in [0.15, 0.2) is 103 Å². The number of hydrogen-bond donors (Lipinski definition) is 3. The lowest BCUT2D eigenvalue weighted by molar-refractivity contribution is -0.210. The molecule has 0 bridgehead atoms. The summed E-state index contributed by atoms with van der Waals surface area (Å²) >= 11 is 0. The predicted octanol–water partition coefficient (Wildman–Crippen LogP) is 6.77. The molecule has 0 saturated carbocycles. The van der Waals surface area contributed by atoms with Gasteiger partial charge < -0.3 is 19.6 Å². The first-order valence-electron chi connectivity index (χ1n) is 12.8. The Bertz CT molecular complexity index is 1640. The highest BCUT2D eigenvalue weighted by Crippen LogP contribution is 2.59. The molecule has 1 unspecified atom stereocenters. The number of halogens is 4. The van der Waals surface area contributed by atoms with E-state index in [1.807, 2.05) is 0 Å². The topological polar surface area (TPSA) is 121 Å². The van der Waals surface area contributed by atoms with E-state index >= 15 is 0 Å². The minimum absolute atomic E-state index is 0.0243. The van der Waals surface area contributed by atoms with Gasteiger partial charge in [-0.25, -0.2) is 4.79 Å². The number of carbonyl (C=O) groups excluding carboxylic acids is 1. The molecule has 0 aromatic heterocycles. The van der Waals surface area contributed by atoms with Crippen LogP contribution in [0, 0.1) is 0 Å². The van der Waals surface area contributed by atoms with Crippen molar-refractivity contribution in [3.05, 3.63) is 137 Å². The molecular formula is C31H25F4O7P. The van der Waals surface area contributed by atoms with E-state index in [1.165, 1.54) is 42.5 Å². The van der Waals surface area contributed by atoms with Crippen molar-refractivity contribution in [2.24, 2.45) is 0 Å². The number of carboxylic acids is 1. The molecule has 12 heteroatoms. The molecule has 3 N–H and O–H groups in total. The number of carbonyl (C=O) groups is 2. The Morgan fingerprint density at radius 1 is 0.767 bits per heavy atom. The van der Waals surface area contributed by atoms with Crippen molar-refractivity contribution in [1.29, 1.82) is 0 Å². The lowest BCUT2D eigenvalue weighted by Crippen LogP contribution is -2.34. The van der Waals surface area contributed by atoms with E-state index < -0.39 is 36.8 Å². The van der Waals surface area contributed by atoms with Crippen LogP contribution in [0.2, 0.25) is 0 Å². The Hall–Kier alpha value is -4.31. The summed E-state index contributed by atoms with van der Waals surface area (Å²) in [5.41, 5.74) is -3.02. The fourth-order valence-corrected chi connectivity index (χ4v) is 5.03. The van der Waals surface area contributed by atoms with Crippen LogP contribution in [0.5, 0.6) is 5.75 Å². The van der Waals surface area contributed by atoms with Crippen molar-refractivity contribution < 1.29 is 51.3 Å². The zero-order valence-corrected chi connectivity index (χ0v) is 23.1. The number of ether oxygens (including phenoxy) is 1. The van der Waals surface area contributed by atoms with E-state index in [2.05, 4.69) is 4.74 Å². The summed E-state index contributed by atoms with van der Waals surface area (Å²) in [6.45, 7) is 0. The summed E-state index contributed by atoms with van der Waals surface area (Å²) in [6, 6.07) is 25.3. The summed E-state index contributed by atoms with van der Waals surface area (Å²) in [5, 5.41) is 8.58. The third kappa shape index (κ3) is 7.37. The van der Waals surface area contributed by atoms with Crippen molar-refractivity contribution in [2.75, 3.05) is 0 Å². The first-order chi connectivity index (χ1) is 20.2. The van der Waals surface area contributed by atoms with Crippen LogP contribution < -0.4 is 4.74 Å². The van der Waals surface area contributed by atoms with Crippen molar-refractivity contribution >= 4 is 19.3 Å². The van der Waals surface area contributed by atoms with E-state index in [-0.39, 0.29) is 29.9 Å². The van der Waals surface area contributed by atoms with Gasteiger partial charge in [-0.15, -0.1) is 0 Å². The molecule has 4 aromatic rings. The highest BCUT2D eigenvalue weighted by atomic mass is 31.2. The van der Waals surface area contributed by atoms with E-state index in [0.717, 1.165) is 6.07 Å². The number of ketones is 1. The number of aliphatic carboxylic acids is 1. The minimum Gasteiger partial charge on any atom is -0.474 e. The SMILES string of the molecule is O=C(c1ccccc1)C(Cc1ccc(OC(F)(F)C(=O)O)cc1)c1ccc(Cc2ccccc2C(F)(F)P(=O)(O)O)cc1. The molecule has 0 aliphatic heterocycles. The number of alkyl halides is 4. The zero-order chi connectivity index (χ0) is 31.4. The van der Waals surface area contributed by atoms with Crippen LogP contribution in [0.3, 0.4) is 0 Å². The zero-order valence-electron chi connectivity index (χ0n) is 22.2. The maximum absolute atomic E-state index is 14.5. The smallest absolute Gasteiger partial charge is 0.474 e. The van der Waals surface area contributed by atoms with Gasteiger partial charge in [-0.05, 0) is 47.2 Å². The molecule has 0 aliphatic rings. The Balaban J connectivity index is 1.61. The Morgan fingerprint density at radius 2 is 1.33 bits per heavy atom. The average Bonchev–Trinajstić information content (AvgIpc) is 2.97. The third-order valence-electron chi connectivity index (χ3n) is 6.72. The van der Waals surface area contributed by atoms with Crippen LogP contribution in [0.4, 0.5) is 17.6 Å². The van der Waals surface area contributed by atoms with Gasteiger partial charge in [0, 0.05) is 11.1 Å². The van der Waals surface area contributed by atoms with Gasteiger partial charge in [0.25, 0.3) is 0 Å².